The van der Waals surface area contributed by atoms with Crippen LogP contribution >= 0.6 is 11.3 Å². The molecule has 4 heteroatoms. The Hall–Kier alpha value is -1.34. The lowest BCUT2D eigenvalue weighted by atomic mass is 9.87. The molecule has 1 atom stereocenters. The molecule has 1 fully saturated rings. The minimum Gasteiger partial charge on any atom is -0.347 e. The quantitative estimate of drug-likeness (QED) is 0.894. The molecule has 1 aromatic heterocycles. The fourth-order valence-electron chi connectivity index (χ4n) is 2.31. The second kappa shape index (κ2) is 4.89. The number of hydrogen-bond acceptors (Lipinski definition) is 3. The summed E-state index contributed by atoms with van der Waals surface area (Å²) in [5.41, 5.74) is -0.772. The molecule has 2 rings (SSSR count). The van der Waals surface area contributed by atoms with E-state index in [4.69, 9.17) is 0 Å². The van der Waals surface area contributed by atoms with Crippen LogP contribution < -0.4 is 5.32 Å². The number of carbonyl (C=O) groups is 1. The summed E-state index contributed by atoms with van der Waals surface area (Å²) < 4.78 is 0. The van der Waals surface area contributed by atoms with Crippen molar-refractivity contribution >= 4 is 17.2 Å². The largest absolute Gasteiger partial charge is 0.347 e. The monoisotopic (exact) mass is 248 g/mol. The number of rotatable bonds is 3. The normalized spacial score (nSPS) is 19.5. The van der Waals surface area contributed by atoms with Crippen molar-refractivity contribution in [2.45, 2.75) is 38.6 Å². The van der Waals surface area contributed by atoms with Crippen molar-refractivity contribution in [2.24, 2.45) is 5.41 Å². The van der Waals surface area contributed by atoms with Crippen molar-refractivity contribution in [3.63, 3.8) is 0 Å². The lowest BCUT2D eigenvalue weighted by Crippen LogP contribution is -2.39. The van der Waals surface area contributed by atoms with Gasteiger partial charge >= 0.3 is 0 Å². The molecule has 1 amide bonds. The highest BCUT2D eigenvalue weighted by atomic mass is 32.1. The highest BCUT2D eigenvalue weighted by Crippen LogP contribution is 2.38. The number of nitrogens with one attached hydrogen (secondary N) is 1. The zero-order valence-corrected chi connectivity index (χ0v) is 10.7. The summed E-state index contributed by atoms with van der Waals surface area (Å²) in [5, 5.41) is 14.2. The fraction of sp³-hybridized carbons (Fsp3) is 0.538. The zero-order valence-electron chi connectivity index (χ0n) is 9.90. The summed E-state index contributed by atoms with van der Waals surface area (Å²) in [6.45, 7) is 1.96. The molecule has 0 spiro atoms. The molecule has 1 N–H and O–H groups in total. The maximum atomic E-state index is 12.2. The molecular weight excluding hydrogens is 232 g/mol. The molecule has 0 saturated heterocycles. The lowest BCUT2D eigenvalue weighted by Gasteiger charge is -2.22. The predicted molar refractivity (Wildman–Crippen MR) is 67.4 cm³/mol. The summed E-state index contributed by atoms with van der Waals surface area (Å²) >= 11 is 1.62. The average Bonchev–Trinajstić information content (AvgIpc) is 3.01. The zero-order chi connectivity index (χ0) is 12.3. The number of nitriles is 1. The van der Waals surface area contributed by atoms with Crippen molar-refractivity contribution < 1.29 is 4.79 Å². The van der Waals surface area contributed by atoms with Crippen LogP contribution in [0.1, 0.15) is 43.5 Å². The first-order valence-electron chi connectivity index (χ1n) is 5.93. The molecule has 90 valence electrons. The molecule has 1 saturated carbocycles. The van der Waals surface area contributed by atoms with Gasteiger partial charge in [-0.3, -0.25) is 4.79 Å². The number of hydrogen-bond donors (Lipinski definition) is 1. The van der Waals surface area contributed by atoms with Crippen LogP contribution in [0.2, 0.25) is 0 Å². The Morgan fingerprint density at radius 1 is 1.59 bits per heavy atom. The van der Waals surface area contributed by atoms with Crippen LogP contribution in [0.25, 0.3) is 0 Å². The molecule has 1 aliphatic rings. The Bertz CT molecular complexity index is 427. The number of carbonyl (C=O) groups excluding carboxylic acids is 1. The fourth-order valence-corrected chi connectivity index (χ4v) is 3.05. The van der Waals surface area contributed by atoms with Gasteiger partial charge in [0.25, 0.3) is 0 Å². The highest BCUT2D eigenvalue weighted by Gasteiger charge is 2.41. The van der Waals surface area contributed by atoms with Crippen molar-refractivity contribution in [2.75, 3.05) is 0 Å². The van der Waals surface area contributed by atoms with Crippen LogP contribution in [0, 0.1) is 16.7 Å². The first-order chi connectivity index (χ1) is 8.18. The maximum Gasteiger partial charge on any atom is 0.240 e. The highest BCUT2D eigenvalue weighted by molar-refractivity contribution is 7.10. The molecule has 0 radical (unpaired) electrons. The molecule has 17 heavy (non-hydrogen) atoms. The van der Waals surface area contributed by atoms with Gasteiger partial charge in [0.2, 0.25) is 5.91 Å². The van der Waals surface area contributed by atoms with Crippen LogP contribution in [0.15, 0.2) is 17.5 Å². The van der Waals surface area contributed by atoms with Crippen LogP contribution in [-0.4, -0.2) is 5.91 Å². The third-order valence-corrected chi connectivity index (χ3v) is 4.48. The van der Waals surface area contributed by atoms with E-state index >= 15 is 0 Å². The van der Waals surface area contributed by atoms with E-state index in [1.165, 1.54) is 0 Å². The van der Waals surface area contributed by atoms with Gasteiger partial charge in [-0.2, -0.15) is 5.26 Å². The van der Waals surface area contributed by atoms with Gasteiger partial charge in [0.05, 0.1) is 12.1 Å². The van der Waals surface area contributed by atoms with E-state index in [-0.39, 0.29) is 11.9 Å². The average molecular weight is 248 g/mol. The van der Waals surface area contributed by atoms with Crippen LogP contribution in [0.5, 0.6) is 0 Å². The van der Waals surface area contributed by atoms with E-state index in [2.05, 4.69) is 11.4 Å². The Balaban J connectivity index is 2.04. The van der Waals surface area contributed by atoms with Gasteiger partial charge in [0.15, 0.2) is 0 Å². The lowest BCUT2D eigenvalue weighted by molar-refractivity contribution is -0.128. The SMILES string of the molecule is CC(NC(=O)C1(C#N)CCCC1)c1cccs1. The molecule has 0 bridgehead atoms. The molecular formula is C13H16N2OS. The molecule has 0 aromatic carbocycles. The van der Waals surface area contributed by atoms with Crippen LogP contribution in [0.4, 0.5) is 0 Å². The summed E-state index contributed by atoms with van der Waals surface area (Å²) in [5.74, 6) is -0.0987. The van der Waals surface area contributed by atoms with Gasteiger partial charge in [0, 0.05) is 4.88 Å². The molecule has 1 heterocycles. The number of nitrogens with zero attached hydrogens (tertiary/aromatic N) is 1. The van der Waals surface area contributed by atoms with E-state index in [0.29, 0.717) is 12.8 Å². The van der Waals surface area contributed by atoms with Gasteiger partial charge in [0.1, 0.15) is 5.41 Å². The van der Waals surface area contributed by atoms with E-state index in [0.717, 1.165) is 17.7 Å². The third-order valence-electron chi connectivity index (χ3n) is 3.42. The maximum absolute atomic E-state index is 12.2. The van der Waals surface area contributed by atoms with Crippen molar-refractivity contribution in [3.05, 3.63) is 22.4 Å². The van der Waals surface area contributed by atoms with Gasteiger partial charge in [-0.05, 0) is 31.2 Å². The van der Waals surface area contributed by atoms with Gasteiger partial charge in [-0.25, -0.2) is 0 Å². The standard InChI is InChI=1S/C13H16N2OS/c1-10(11-5-4-8-17-11)15-12(16)13(9-14)6-2-3-7-13/h4-5,8,10H,2-3,6-7H2,1H3,(H,15,16). The predicted octanol–water partition coefficient (Wildman–Crippen LogP) is 3.01. The third kappa shape index (κ3) is 2.34. The second-order valence-electron chi connectivity index (χ2n) is 4.61. The Labute approximate surface area is 105 Å². The van der Waals surface area contributed by atoms with Crippen molar-refractivity contribution in [3.8, 4) is 6.07 Å². The van der Waals surface area contributed by atoms with Gasteiger partial charge in [-0.1, -0.05) is 18.9 Å². The summed E-state index contributed by atoms with van der Waals surface area (Å²) in [6, 6.07) is 6.19. The first kappa shape index (κ1) is 12.1. The van der Waals surface area contributed by atoms with Gasteiger partial charge < -0.3 is 5.32 Å². The molecule has 1 aromatic rings. The molecule has 1 unspecified atom stereocenters. The number of thiophene rings is 1. The molecule has 1 aliphatic carbocycles. The van der Waals surface area contributed by atoms with Gasteiger partial charge in [-0.15, -0.1) is 11.3 Å². The molecule has 3 nitrogen and oxygen atoms in total. The van der Waals surface area contributed by atoms with E-state index < -0.39 is 5.41 Å². The first-order valence-corrected chi connectivity index (χ1v) is 6.81. The van der Waals surface area contributed by atoms with Crippen LogP contribution in [-0.2, 0) is 4.79 Å². The summed E-state index contributed by atoms with van der Waals surface area (Å²) in [4.78, 5) is 13.3. The minimum atomic E-state index is -0.772. The smallest absolute Gasteiger partial charge is 0.240 e. The molecule has 0 aliphatic heterocycles. The Morgan fingerprint density at radius 2 is 2.29 bits per heavy atom. The second-order valence-corrected chi connectivity index (χ2v) is 5.59. The topological polar surface area (TPSA) is 52.9 Å². The Kier molecular flexibility index (Phi) is 3.49. The van der Waals surface area contributed by atoms with Crippen molar-refractivity contribution in [1.82, 2.24) is 5.32 Å². The summed E-state index contributed by atoms with van der Waals surface area (Å²) in [7, 11) is 0. The Morgan fingerprint density at radius 3 is 2.82 bits per heavy atom. The van der Waals surface area contributed by atoms with E-state index in [1.54, 1.807) is 11.3 Å². The van der Waals surface area contributed by atoms with E-state index in [1.807, 2.05) is 24.4 Å². The van der Waals surface area contributed by atoms with Crippen molar-refractivity contribution in [1.29, 1.82) is 5.26 Å². The van der Waals surface area contributed by atoms with Crippen LogP contribution in [0.3, 0.4) is 0 Å². The summed E-state index contributed by atoms with van der Waals surface area (Å²) in [6.07, 6.45) is 3.36. The van der Waals surface area contributed by atoms with E-state index in [9.17, 15) is 10.1 Å². The number of amides is 1. The minimum absolute atomic E-state index is 0.00618.